The number of rotatable bonds is 5. The average Bonchev–Trinajstić information content (AvgIpc) is 2.60. The molecule has 120 valence electrons. The largest absolute Gasteiger partial charge is 0.486 e. The topological polar surface area (TPSA) is 86.5 Å². The van der Waals surface area contributed by atoms with Crippen molar-refractivity contribution in [3.8, 4) is 22.8 Å². The Kier molecular flexibility index (Phi) is 4.73. The molecule has 0 saturated carbocycles. The molecule has 23 heavy (non-hydrogen) atoms. The first-order valence-corrected chi connectivity index (χ1v) is 7.63. The first-order valence-electron chi connectivity index (χ1n) is 7.63. The van der Waals surface area contributed by atoms with E-state index in [0.29, 0.717) is 44.2 Å². The van der Waals surface area contributed by atoms with Gasteiger partial charge in [-0.1, -0.05) is 6.07 Å². The van der Waals surface area contributed by atoms with Gasteiger partial charge in [-0.3, -0.25) is 4.79 Å². The Hall–Kier alpha value is -2.60. The van der Waals surface area contributed by atoms with Gasteiger partial charge < -0.3 is 20.5 Å². The van der Waals surface area contributed by atoms with Crippen molar-refractivity contribution in [3.63, 3.8) is 0 Å². The van der Waals surface area contributed by atoms with Gasteiger partial charge in [0, 0.05) is 12.0 Å². The number of pyridine rings is 1. The molecule has 6 heteroatoms. The summed E-state index contributed by atoms with van der Waals surface area (Å²) in [5.41, 5.74) is 7.08. The zero-order valence-electron chi connectivity index (χ0n) is 12.7. The summed E-state index contributed by atoms with van der Waals surface area (Å²) < 4.78 is 11.1. The van der Waals surface area contributed by atoms with Crippen LogP contribution < -0.4 is 20.5 Å². The van der Waals surface area contributed by atoms with Gasteiger partial charge in [0.25, 0.3) is 0 Å². The molecule has 3 N–H and O–H groups in total. The number of aromatic nitrogens is 1. The van der Waals surface area contributed by atoms with Crippen molar-refractivity contribution >= 4 is 11.7 Å². The van der Waals surface area contributed by atoms with Crippen molar-refractivity contribution in [1.29, 1.82) is 0 Å². The number of hydrogen-bond donors (Lipinski definition) is 2. The van der Waals surface area contributed by atoms with E-state index >= 15 is 0 Å². The molecule has 0 bridgehead atoms. The first-order chi connectivity index (χ1) is 11.3. The maximum absolute atomic E-state index is 11.8. The number of hydrogen-bond acceptors (Lipinski definition) is 5. The minimum absolute atomic E-state index is 0.0812. The number of nitrogens with zero attached hydrogens (tertiary/aromatic N) is 1. The molecule has 1 aromatic carbocycles. The summed E-state index contributed by atoms with van der Waals surface area (Å²) >= 11 is 0. The lowest BCUT2D eigenvalue weighted by molar-refractivity contribution is -0.116. The lowest BCUT2D eigenvalue weighted by Crippen LogP contribution is -2.15. The van der Waals surface area contributed by atoms with E-state index in [1.54, 1.807) is 6.07 Å². The Morgan fingerprint density at radius 3 is 2.83 bits per heavy atom. The summed E-state index contributed by atoms with van der Waals surface area (Å²) in [5.74, 6) is 1.90. The van der Waals surface area contributed by atoms with Gasteiger partial charge in [-0.2, -0.15) is 0 Å². The monoisotopic (exact) mass is 313 g/mol. The van der Waals surface area contributed by atoms with Crippen LogP contribution in [0.1, 0.15) is 12.8 Å². The number of carbonyl (C=O) groups is 1. The lowest BCUT2D eigenvalue weighted by Gasteiger charge is -2.18. The number of benzene rings is 1. The molecule has 2 heterocycles. The van der Waals surface area contributed by atoms with Crippen LogP contribution in [0.2, 0.25) is 0 Å². The van der Waals surface area contributed by atoms with Crippen LogP contribution in [0.3, 0.4) is 0 Å². The van der Waals surface area contributed by atoms with E-state index in [0.717, 1.165) is 17.0 Å². The summed E-state index contributed by atoms with van der Waals surface area (Å²) in [4.78, 5) is 16.2. The van der Waals surface area contributed by atoms with Crippen LogP contribution in [0, 0.1) is 0 Å². The fourth-order valence-electron chi connectivity index (χ4n) is 2.34. The highest BCUT2D eigenvalue weighted by Crippen LogP contribution is 2.34. The second-order valence-corrected chi connectivity index (χ2v) is 5.21. The standard InChI is InChI=1S/C17H19N3O3/c18-8-2-5-17(21)20-16-4-1-3-13(19-16)12-6-7-14-15(11-12)23-10-9-22-14/h1,3-4,6-7,11H,2,5,8-10,18H2,(H,19,20,21). The third-order valence-electron chi connectivity index (χ3n) is 3.46. The number of fused-ring (bicyclic) bond motifs is 1. The van der Waals surface area contributed by atoms with Crippen LogP contribution in [-0.4, -0.2) is 30.6 Å². The number of carbonyl (C=O) groups excluding carboxylic acids is 1. The Bertz CT molecular complexity index is 703. The Labute approximate surface area is 134 Å². The van der Waals surface area contributed by atoms with E-state index in [1.165, 1.54) is 0 Å². The lowest BCUT2D eigenvalue weighted by atomic mass is 10.1. The summed E-state index contributed by atoms with van der Waals surface area (Å²) in [5, 5.41) is 2.79. The van der Waals surface area contributed by atoms with Crippen molar-refractivity contribution in [2.75, 3.05) is 25.1 Å². The highest BCUT2D eigenvalue weighted by atomic mass is 16.6. The maximum atomic E-state index is 11.8. The van der Waals surface area contributed by atoms with Crippen LogP contribution >= 0.6 is 0 Å². The number of nitrogens with two attached hydrogens (primary N) is 1. The quantitative estimate of drug-likeness (QED) is 0.883. The molecule has 0 fully saturated rings. The Morgan fingerprint density at radius 1 is 1.17 bits per heavy atom. The van der Waals surface area contributed by atoms with E-state index in [-0.39, 0.29) is 5.91 Å². The van der Waals surface area contributed by atoms with E-state index in [2.05, 4.69) is 10.3 Å². The Balaban J connectivity index is 1.78. The van der Waals surface area contributed by atoms with Crippen molar-refractivity contribution in [2.24, 2.45) is 5.73 Å². The van der Waals surface area contributed by atoms with Gasteiger partial charge in [0.05, 0.1) is 5.69 Å². The molecule has 1 aliphatic heterocycles. The highest BCUT2D eigenvalue weighted by Gasteiger charge is 2.13. The molecule has 0 unspecified atom stereocenters. The Morgan fingerprint density at radius 2 is 2.00 bits per heavy atom. The fraction of sp³-hybridized carbons (Fsp3) is 0.294. The van der Waals surface area contributed by atoms with Gasteiger partial charge >= 0.3 is 0 Å². The van der Waals surface area contributed by atoms with Crippen LogP contribution in [0.5, 0.6) is 11.5 Å². The van der Waals surface area contributed by atoms with Crippen molar-refractivity contribution in [1.82, 2.24) is 4.98 Å². The molecule has 1 aromatic heterocycles. The third kappa shape index (κ3) is 3.78. The molecular formula is C17H19N3O3. The van der Waals surface area contributed by atoms with Gasteiger partial charge in [-0.25, -0.2) is 4.98 Å². The molecule has 3 rings (SSSR count). The minimum atomic E-state index is -0.0812. The summed E-state index contributed by atoms with van der Waals surface area (Å²) in [6, 6.07) is 11.2. The molecule has 6 nitrogen and oxygen atoms in total. The van der Waals surface area contributed by atoms with Crippen LogP contribution in [0.15, 0.2) is 36.4 Å². The van der Waals surface area contributed by atoms with Crippen molar-refractivity contribution in [3.05, 3.63) is 36.4 Å². The van der Waals surface area contributed by atoms with E-state index < -0.39 is 0 Å². The van der Waals surface area contributed by atoms with Crippen molar-refractivity contribution in [2.45, 2.75) is 12.8 Å². The minimum Gasteiger partial charge on any atom is -0.486 e. The van der Waals surface area contributed by atoms with Crippen LogP contribution in [0.4, 0.5) is 5.82 Å². The molecule has 0 spiro atoms. The van der Waals surface area contributed by atoms with Gasteiger partial charge in [0.2, 0.25) is 5.91 Å². The summed E-state index contributed by atoms with van der Waals surface area (Å²) in [7, 11) is 0. The molecule has 0 radical (unpaired) electrons. The van der Waals surface area contributed by atoms with Crippen molar-refractivity contribution < 1.29 is 14.3 Å². The van der Waals surface area contributed by atoms with Gasteiger partial charge in [0.15, 0.2) is 11.5 Å². The fourth-order valence-corrected chi connectivity index (χ4v) is 2.34. The zero-order valence-corrected chi connectivity index (χ0v) is 12.7. The van der Waals surface area contributed by atoms with Gasteiger partial charge in [-0.15, -0.1) is 0 Å². The second kappa shape index (κ2) is 7.11. The number of nitrogens with one attached hydrogen (secondary N) is 1. The number of ether oxygens (including phenoxy) is 2. The third-order valence-corrected chi connectivity index (χ3v) is 3.46. The molecule has 0 saturated heterocycles. The summed E-state index contributed by atoms with van der Waals surface area (Å²) in [6.07, 6.45) is 1.06. The predicted molar refractivity (Wildman–Crippen MR) is 87.6 cm³/mol. The average molecular weight is 313 g/mol. The molecule has 1 aliphatic rings. The SMILES string of the molecule is NCCCC(=O)Nc1cccc(-c2ccc3c(c2)OCCO3)n1. The first kappa shape index (κ1) is 15.3. The van der Waals surface area contributed by atoms with E-state index in [4.69, 9.17) is 15.2 Å². The van der Waals surface area contributed by atoms with Gasteiger partial charge in [0.1, 0.15) is 19.0 Å². The number of anilines is 1. The molecular weight excluding hydrogens is 294 g/mol. The normalized spacial score (nSPS) is 12.7. The van der Waals surface area contributed by atoms with E-state index in [9.17, 15) is 4.79 Å². The molecule has 0 atom stereocenters. The molecule has 1 amide bonds. The van der Waals surface area contributed by atoms with E-state index in [1.807, 2.05) is 30.3 Å². The van der Waals surface area contributed by atoms with Crippen LogP contribution in [0.25, 0.3) is 11.3 Å². The second-order valence-electron chi connectivity index (χ2n) is 5.21. The maximum Gasteiger partial charge on any atom is 0.225 e. The predicted octanol–water partition coefficient (Wildman–Crippen LogP) is 2.20. The molecule has 0 aliphatic carbocycles. The molecule has 2 aromatic rings. The smallest absolute Gasteiger partial charge is 0.225 e. The van der Waals surface area contributed by atoms with Gasteiger partial charge in [-0.05, 0) is 43.3 Å². The highest BCUT2D eigenvalue weighted by molar-refractivity contribution is 5.90. The summed E-state index contributed by atoms with van der Waals surface area (Å²) in [6.45, 7) is 1.61. The van der Waals surface area contributed by atoms with Crippen LogP contribution in [-0.2, 0) is 4.79 Å². The number of amides is 1. The zero-order chi connectivity index (χ0) is 16.1.